The fourth-order valence-corrected chi connectivity index (χ4v) is 4.02. The van der Waals surface area contributed by atoms with Gasteiger partial charge in [-0.15, -0.1) is 0 Å². The Bertz CT molecular complexity index is 906. The molecule has 2 aromatic rings. The van der Waals surface area contributed by atoms with Gasteiger partial charge in [-0.05, 0) is 56.2 Å². The third-order valence-corrected chi connectivity index (χ3v) is 5.97. The van der Waals surface area contributed by atoms with Crippen molar-refractivity contribution in [2.24, 2.45) is 0 Å². The van der Waals surface area contributed by atoms with Gasteiger partial charge in [-0.1, -0.05) is 17.7 Å². The van der Waals surface area contributed by atoms with Crippen molar-refractivity contribution in [3.05, 3.63) is 64.2 Å². The van der Waals surface area contributed by atoms with Crippen LogP contribution in [0.4, 0.5) is 0 Å². The summed E-state index contributed by atoms with van der Waals surface area (Å²) in [5.41, 5.74) is 4.32. The van der Waals surface area contributed by atoms with E-state index in [2.05, 4.69) is 0 Å². The van der Waals surface area contributed by atoms with Crippen LogP contribution in [0.2, 0.25) is 0 Å². The number of carbonyl (C=O) groups excluding carboxylic acids is 2. The highest BCUT2D eigenvalue weighted by Crippen LogP contribution is 2.40. The number of amides is 1. The predicted molar refractivity (Wildman–Crippen MR) is 105 cm³/mol. The normalized spacial score (nSPS) is 18.2. The van der Waals surface area contributed by atoms with E-state index in [1.54, 1.807) is 0 Å². The molecule has 2 heterocycles. The summed E-state index contributed by atoms with van der Waals surface area (Å²) in [5, 5.41) is 0. The molecule has 0 atom stereocenters. The molecule has 27 heavy (non-hydrogen) atoms. The standard InChI is InChI=1S/C23H25NO3/c1-15-4-6-18(7-5-15)22(26)24-10-8-23(9-11-24)14-20(25)19-12-16(2)17(3)13-21(19)27-23/h4-7,12-13H,8-11,14H2,1-3H3. The molecule has 1 fully saturated rings. The van der Waals surface area contributed by atoms with Crippen LogP contribution < -0.4 is 4.74 Å². The molecule has 1 spiro atoms. The van der Waals surface area contributed by atoms with Gasteiger partial charge in [-0.3, -0.25) is 9.59 Å². The average molecular weight is 363 g/mol. The van der Waals surface area contributed by atoms with Crippen LogP contribution in [-0.2, 0) is 0 Å². The fourth-order valence-electron chi connectivity index (χ4n) is 4.02. The number of ether oxygens (including phenoxy) is 1. The van der Waals surface area contributed by atoms with Gasteiger partial charge in [0, 0.05) is 31.5 Å². The lowest BCUT2D eigenvalue weighted by molar-refractivity contribution is -0.00575. The lowest BCUT2D eigenvalue weighted by atomic mass is 9.81. The number of carbonyl (C=O) groups is 2. The topological polar surface area (TPSA) is 46.6 Å². The van der Waals surface area contributed by atoms with Crippen molar-refractivity contribution in [2.75, 3.05) is 13.1 Å². The van der Waals surface area contributed by atoms with E-state index in [1.807, 2.05) is 62.1 Å². The van der Waals surface area contributed by atoms with E-state index < -0.39 is 5.60 Å². The summed E-state index contributed by atoms with van der Waals surface area (Å²) in [4.78, 5) is 27.4. The van der Waals surface area contributed by atoms with Crippen LogP contribution in [0.1, 0.15) is 56.7 Å². The van der Waals surface area contributed by atoms with Crippen LogP contribution in [0.25, 0.3) is 0 Å². The zero-order chi connectivity index (χ0) is 19.2. The Morgan fingerprint density at radius 3 is 2.30 bits per heavy atom. The smallest absolute Gasteiger partial charge is 0.253 e. The molecule has 2 aliphatic rings. The monoisotopic (exact) mass is 363 g/mol. The van der Waals surface area contributed by atoms with E-state index in [0.29, 0.717) is 49.2 Å². The number of likely N-dealkylation sites (tertiary alicyclic amines) is 1. The molecule has 0 N–H and O–H groups in total. The van der Waals surface area contributed by atoms with Crippen molar-refractivity contribution in [1.82, 2.24) is 4.90 Å². The Morgan fingerprint density at radius 2 is 1.63 bits per heavy atom. The number of nitrogens with zero attached hydrogens (tertiary/aromatic N) is 1. The maximum Gasteiger partial charge on any atom is 0.253 e. The minimum Gasteiger partial charge on any atom is -0.486 e. The molecule has 140 valence electrons. The lowest BCUT2D eigenvalue weighted by Crippen LogP contribution is -2.52. The number of Topliss-reactive ketones (excluding diaryl/α,β-unsaturated/α-hetero) is 1. The number of benzene rings is 2. The first-order valence-corrected chi connectivity index (χ1v) is 9.56. The van der Waals surface area contributed by atoms with Gasteiger partial charge in [0.1, 0.15) is 11.4 Å². The Balaban J connectivity index is 1.50. The van der Waals surface area contributed by atoms with Gasteiger partial charge in [0.25, 0.3) is 5.91 Å². The Labute approximate surface area is 160 Å². The third kappa shape index (κ3) is 3.25. The molecular formula is C23H25NO3. The molecule has 0 aliphatic carbocycles. The maximum absolute atomic E-state index is 12.7. The van der Waals surface area contributed by atoms with Crippen molar-refractivity contribution >= 4 is 11.7 Å². The first-order valence-electron chi connectivity index (χ1n) is 9.56. The number of hydrogen-bond acceptors (Lipinski definition) is 3. The van der Waals surface area contributed by atoms with E-state index in [1.165, 1.54) is 0 Å². The van der Waals surface area contributed by atoms with Crippen LogP contribution in [0, 0.1) is 20.8 Å². The summed E-state index contributed by atoms with van der Waals surface area (Å²) in [5.74, 6) is 0.907. The second kappa shape index (κ2) is 6.52. The second-order valence-electron chi connectivity index (χ2n) is 7.98. The maximum atomic E-state index is 12.7. The van der Waals surface area contributed by atoms with Gasteiger partial charge in [-0.2, -0.15) is 0 Å². The van der Waals surface area contributed by atoms with Crippen LogP contribution in [0.15, 0.2) is 36.4 Å². The van der Waals surface area contributed by atoms with E-state index >= 15 is 0 Å². The molecular weight excluding hydrogens is 338 g/mol. The molecule has 2 aromatic carbocycles. The van der Waals surface area contributed by atoms with Crippen molar-refractivity contribution in [2.45, 2.75) is 45.6 Å². The Morgan fingerprint density at radius 1 is 1.00 bits per heavy atom. The zero-order valence-corrected chi connectivity index (χ0v) is 16.2. The van der Waals surface area contributed by atoms with E-state index in [-0.39, 0.29) is 11.7 Å². The van der Waals surface area contributed by atoms with E-state index in [4.69, 9.17) is 4.74 Å². The van der Waals surface area contributed by atoms with E-state index in [0.717, 1.165) is 16.7 Å². The highest BCUT2D eigenvalue weighted by atomic mass is 16.5. The summed E-state index contributed by atoms with van der Waals surface area (Å²) in [6.07, 6.45) is 1.76. The number of ketones is 1. The SMILES string of the molecule is Cc1ccc(C(=O)N2CCC3(CC2)CC(=O)c2cc(C)c(C)cc2O3)cc1. The van der Waals surface area contributed by atoms with Crippen LogP contribution in [-0.4, -0.2) is 35.3 Å². The third-order valence-electron chi connectivity index (χ3n) is 5.97. The van der Waals surface area contributed by atoms with Gasteiger partial charge >= 0.3 is 0 Å². The lowest BCUT2D eigenvalue weighted by Gasteiger charge is -2.44. The summed E-state index contributed by atoms with van der Waals surface area (Å²) >= 11 is 0. The van der Waals surface area contributed by atoms with Crippen molar-refractivity contribution < 1.29 is 14.3 Å². The second-order valence-corrected chi connectivity index (χ2v) is 7.98. The van der Waals surface area contributed by atoms with Crippen LogP contribution in [0.5, 0.6) is 5.75 Å². The molecule has 0 unspecified atom stereocenters. The molecule has 4 rings (SSSR count). The molecule has 0 bridgehead atoms. The summed E-state index contributed by atoms with van der Waals surface area (Å²) in [6.45, 7) is 7.29. The molecule has 2 aliphatic heterocycles. The number of fused-ring (bicyclic) bond motifs is 1. The Hall–Kier alpha value is -2.62. The molecule has 0 radical (unpaired) electrons. The molecule has 1 saturated heterocycles. The first kappa shape index (κ1) is 17.8. The van der Waals surface area contributed by atoms with E-state index in [9.17, 15) is 9.59 Å². The number of hydrogen-bond donors (Lipinski definition) is 0. The number of piperidine rings is 1. The largest absolute Gasteiger partial charge is 0.486 e. The number of aryl methyl sites for hydroxylation is 3. The van der Waals surface area contributed by atoms with Crippen molar-refractivity contribution in [3.63, 3.8) is 0 Å². The van der Waals surface area contributed by atoms with Gasteiger partial charge in [0.15, 0.2) is 5.78 Å². The summed E-state index contributed by atoms with van der Waals surface area (Å²) < 4.78 is 6.36. The minimum absolute atomic E-state index is 0.0545. The van der Waals surface area contributed by atoms with Crippen LogP contribution in [0.3, 0.4) is 0 Å². The van der Waals surface area contributed by atoms with Crippen molar-refractivity contribution in [3.8, 4) is 5.75 Å². The highest BCUT2D eigenvalue weighted by molar-refractivity contribution is 6.00. The van der Waals surface area contributed by atoms with Gasteiger partial charge in [0.05, 0.1) is 12.0 Å². The molecule has 4 nitrogen and oxygen atoms in total. The molecule has 0 saturated carbocycles. The number of rotatable bonds is 1. The first-order chi connectivity index (χ1) is 12.9. The zero-order valence-electron chi connectivity index (χ0n) is 16.2. The molecule has 1 amide bonds. The van der Waals surface area contributed by atoms with Gasteiger partial charge < -0.3 is 9.64 Å². The minimum atomic E-state index is -0.476. The molecule has 0 aromatic heterocycles. The van der Waals surface area contributed by atoms with Crippen molar-refractivity contribution in [1.29, 1.82) is 0 Å². The molecule has 4 heteroatoms. The van der Waals surface area contributed by atoms with Gasteiger partial charge in [0.2, 0.25) is 0 Å². The summed E-state index contributed by atoms with van der Waals surface area (Å²) in [7, 11) is 0. The summed E-state index contributed by atoms with van der Waals surface area (Å²) in [6, 6.07) is 11.6. The highest BCUT2D eigenvalue weighted by Gasteiger charge is 2.43. The quantitative estimate of drug-likeness (QED) is 0.761. The van der Waals surface area contributed by atoms with Gasteiger partial charge in [-0.25, -0.2) is 0 Å². The average Bonchev–Trinajstić information content (AvgIpc) is 2.64. The fraction of sp³-hybridized carbons (Fsp3) is 0.391. The van der Waals surface area contributed by atoms with Crippen LogP contribution >= 0.6 is 0 Å². The predicted octanol–water partition coefficient (Wildman–Crippen LogP) is 4.25. The Kier molecular flexibility index (Phi) is 4.29.